The molecule has 2 aromatic heterocycles. The molecule has 2 N–H and O–H groups in total. The van der Waals surface area contributed by atoms with Crippen LogP contribution in [-0.2, 0) is 9.53 Å². The lowest BCUT2D eigenvalue weighted by molar-refractivity contribution is -0.145. The smallest absolute Gasteiger partial charge is 0.331 e. The Bertz CT molecular complexity index is 811. The highest BCUT2D eigenvalue weighted by Gasteiger charge is 2.36. The van der Waals surface area contributed by atoms with Gasteiger partial charge in [-0.05, 0) is 32.8 Å². The van der Waals surface area contributed by atoms with Gasteiger partial charge in [0, 0.05) is 18.7 Å². The molecule has 0 radical (unpaired) electrons. The van der Waals surface area contributed by atoms with E-state index in [9.17, 15) is 14.7 Å². The highest BCUT2D eigenvalue weighted by Crippen LogP contribution is 2.40. The molecule has 0 spiro atoms. The van der Waals surface area contributed by atoms with Crippen LogP contribution in [-0.4, -0.2) is 46.4 Å². The number of carboxylic acids is 1. The number of pyridine rings is 1. The number of fused-ring (bicyclic) bond motifs is 1. The van der Waals surface area contributed by atoms with Crippen LogP contribution >= 0.6 is 0 Å². The summed E-state index contributed by atoms with van der Waals surface area (Å²) < 4.78 is 10.1. The van der Waals surface area contributed by atoms with Crippen molar-refractivity contribution >= 4 is 23.0 Å². The summed E-state index contributed by atoms with van der Waals surface area (Å²) in [4.78, 5) is 28.7. The molecule has 1 aliphatic carbocycles. The number of amides is 1. The van der Waals surface area contributed by atoms with E-state index in [1.165, 1.54) is 14.0 Å². The average molecular weight is 333 g/mol. The van der Waals surface area contributed by atoms with Gasteiger partial charge in [-0.25, -0.2) is 9.78 Å². The van der Waals surface area contributed by atoms with Gasteiger partial charge >= 0.3 is 5.97 Å². The zero-order valence-electron chi connectivity index (χ0n) is 13.8. The van der Waals surface area contributed by atoms with E-state index >= 15 is 0 Å². The largest absolute Gasteiger partial charge is 0.479 e. The van der Waals surface area contributed by atoms with Crippen molar-refractivity contribution in [1.29, 1.82) is 0 Å². The fraction of sp³-hybridized carbons (Fsp3) is 0.500. The molecule has 3 rings (SSSR count). The summed E-state index contributed by atoms with van der Waals surface area (Å²) in [5.74, 6) is -1.37. The van der Waals surface area contributed by atoms with Crippen LogP contribution in [0, 0.1) is 6.92 Å². The normalized spacial score (nSPS) is 16.8. The monoisotopic (exact) mass is 333 g/mol. The Hall–Kier alpha value is -2.48. The molecule has 1 aliphatic rings. The molecule has 0 saturated heterocycles. The highest BCUT2D eigenvalue weighted by atomic mass is 16.5. The van der Waals surface area contributed by atoms with E-state index in [-0.39, 0.29) is 6.61 Å². The number of aliphatic carboxylic acids is 1. The third-order valence-corrected chi connectivity index (χ3v) is 4.17. The topological polar surface area (TPSA) is 115 Å². The summed E-state index contributed by atoms with van der Waals surface area (Å²) >= 11 is 0. The Kier molecular flexibility index (Phi) is 4.00. The van der Waals surface area contributed by atoms with Gasteiger partial charge in [-0.2, -0.15) is 0 Å². The summed E-state index contributed by atoms with van der Waals surface area (Å²) in [7, 11) is 1.38. The summed E-state index contributed by atoms with van der Waals surface area (Å²) in [6, 6.07) is 1.70. The van der Waals surface area contributed by atoms with Crippen molar-refractivity contribution in [3.8, 4) is 0 Å². The second-order valence-electron chi connectivity index (χ2n) is 6.34. The molecule has 1 fully saturated rings. The van der Waals surface area contributed by atoms with E-state index in [4.69, 9.17) is 9.26 Å². The first-order valence-corrected chi connectivity index (χ1v) is 7.67. The van der Waals surface area contributed by atoms with E-state index < -0.39 is 17.4 Å². The molecule has 1 saturated carbocycles. The number of carbonyl (C=O) groups is 2. The third-order valence-electron chi connectivity index (χ3n) is 4.17. The minimum Gasteiger partial charge on any atom is -0.479 e. The number of nitrogens with zero attached hydrogens (tertiary/aromatic N) is 2. The summed E-state index contributed by atoms with van der Waals surface area (Å²) in [6.45, 7) is 2.96. The van der Waals surface area contributed by atoms with E-state index in [1.807, 2.05) is 0 Å². The van der Waals surface area contributed by atoms with Gasteiger partial charge in [-0.3, -0.25) is 4.79 Å². The molecule has 8 nitrogen and oxygen atoms in total. The number of carbonyl (C=O) groups excluding carboxylic acids is 1. The van der Waals surface area contributed by atoms with Crippen LogP contribution in [0.3, 0.4) is 0 Å². The number of nitrogens with one attached hydrogen (secondary N) is 1. The second kappa shape index (κ2) is 5.86. The lowest BCUT2D eigenvalue weighted by Gasteiger charge is -2.25. The summed E-state index contributed by atoms with van der Waals surface area (Å²) in [6.07, 6.45) is 2.03. The van der Waals surface area contributed by atoms with Crippen molar-refractivity contribution in [2.75, 3.05) is 13.7 Å². The molecule has 1 amide bonds. The standard InChI is InChI=1S/C16H19N3O5/c1-8-12-10(13(20)18-16(2,7-23-3)15(21)22)6-11(9-4-5-9)17-14(12)24-19-8/h6,9H,4-5,7H2,1-3H3,(H,18,20)(H,21,22). The number of carboxylic acid groups (broad SMARTS) is 1. The zero-order chi connectivity index (χ0) is 17.5. The maximum Gasteiger partial charge on any atom is 0.331 e. The maximum absolute atomic E-state index is 12.8. The highest BCUT2D eigenvalue weighted by molar-refractivity contribution is 6.07. The number of aryl methyl sites for hydroxylation is 1. The Balaban J connectivity index is 2.02. The molecule has 0 aromatic carbocycles. The van der Waals surface area contributed by atoms with Gasteiger partial charge < -0.3 is 19.7 Å². The minimum atomic E-state index is -1.54. The van der Waals surface area contributed by atoms with Crippen molar-refractivity contribution in [1.82, 2.24) is 15.5 Å². The lowest BCUT2D eigenvalue weighted by atomic mass is 10.0. The second-order valence-corrected chi connectivity index (χ2v) is 6.34. The first-order chi connectivity index (χ1) is 11.4. The van der Waals surface area contributed by atoms with E-state index in [1.54, 1.807) is 13.0 Å². The molecule has 0 bridgehead atoms. The average Bonchev–Trinajstić information content (AvgIpc) is 3.31. The van der Waals surface area contributed by atoms with Crippen molar-refractivity contribution in [2.45, 2.75) is 38.1 Å². The molecule has 8 heteroatoms. The van der Waals surface area contributed by atoms with Gasteiger partial charge in [0.15, 0.2) is 5.54 Å². The molecule has 2 aromatic rings. The van der Waals surface area contributed by atoms with Gasteiger partial charge in [0.25, 0.3) is 11.6 Å². The SMILES string of the molecule is COCC(C)(NC(=O)c1cc(C2CC2)nc2onc(C)c12)C(=O)O. The number of methoxy groups -OCH3 is 1. The van der Waals surface area contributed by atoms with Crippen LogP contribution in [0.2, 0.25) is 0 Å². The minimum absolute atomic E-state index is 0.152. The van der Waals surface area contributed by atoms with Gasteiger partial charge in [-0.1, -0.05) is 5.16 Å². The molecule has 0 aliphatic heterocycles. The zero-order valence-corrected chi connectivity index (χ0v) is 13.8. The molecular formula is C16H19N3O5. The van der Waals surface area contributed by atoms with E-state index in [0.717, 1.165) is 18.5 Å². The third kappa shape index (κ3) is 2.84. The van der Waals surface area contributed by atoms with Crippen LogP contribution in [0.25, 0.3) is 11.1 Å². The number of hydrogen-bond acceptors (Lipinski definition) is 6. The summed E-state index contributed by atoms with van der Waals surface area (Å²) in [5, 5.41) is 16.3. The Morgan fingerprint density at radius 1 is 1.50 bits per heavy atom. The number of aromatic nitrogens is 2. The van der Waals surface area contributed by atoms with Crippen LogP contribution in [0.4, 0.5) is 0 Å². The van der Waals surface area contributed by atoms with Gasteiger partial charge in [0.05, 0.1) is 23.3 Å². The molecule has 1 unspecified atom stereocenters. The first kappa shape index (κ1) is 16.4. The van der Waals surface area contributed by atoms with Crippen LogP contribution in [0.1, 0.15) is 47.4 Å². The first-order valence-electron chi connectivity index (χ1n) is 7.67. The predicted molar refractivity (Wildman–Crippen MR) is 83.9 cm³/mol. The van der Waals surface area contributed by atoms with Crippen LogP contribution in [0.15, 0.2) is 10.6 Å². The van der Waals surface area contributed by atoms with Crippen molar-refractivity contribution in [2.24, 2.45) is 0 Å². The van der Waals surface area contributed by atoms with Crippen molar-refractivity contribution < 1.29 is 24.0 Å². The molecule has 1 atom stereocenters. The van der Waals surface area contributed by atoms with Crippen molar-refractivity contribution in [3.05, 3.63) is 23.0 Å². The lowest BCUT2D eigenvalue weighted by Crippen LogP contribution is -2.55. The number of rotatable bonds is 6. The van der Waals surface area contributed by atoms with E-state index in [2.05, 4.69) is 15.5 Å². The predicted octanol–water partition coefficient (Wildman–Crippen LogP) is 1.63. The Morgan fingerprint density at radius 3 is 2.79 bits per heavy atom. The fourth-order valence-corrected chi connectivity index (χ4v) is 2.64. The van der Waals surface area contributed by atoms with Crippen LogP contribution < -0.4 is 5.32 Å². The van der Waals surface area contributed by atoms with Gasteiger partial charge in [-0.15, -0.1) is 0 Å². The molecule has 24 heavy (non-hydrogen) atoms. The van der Waals surface area contributed by atoms with Crippen LogP contribution in [0.5, 0.6) is 0 Å². The summed E-state index contributed by atoms with van der Waals surface area (Å²) in [5.41, 5.74) is 0.392. The molecule has 128 valence electrons. The number of hydrogen-bond donors (Lipinski definition) is 2. The number of ether oxygens (including phenoxy) is 1. The Morgan fingerprint density at radius 2 is 2.21 bits per heavy atom. The van der Waals surface area contributed by atoms with E-state index in [0.29, 0.717) is 28.3 Å². The van der Waals surface area contributed by atoms with Gasteiger partial charge in [0.2, 0.25) is 0 Å². The fourth-order valence-electron chi connectivity index (χ4n) is 2.64. The van der Waals surface area contributed by atoms with Crippen molar-refractivity contribution in [3.63, 3.8) is 0 Å². The van der Waals surface area contributed by atoms with Gasteiger partial charge in [0.1, 0.15) is 0 Å². The maximum atomic E-state index is 12.8. The Labute approximate surface area is 138 Å². The quantitative estimate of drug-likeness (QED) is 0.825. The molecule has 2 heterocycles. The molecular weight excluding hydrogens is 314 g/mol.